The van der Waals surface area contributed by atoms with Crippen molar-refractivity contribution in [2.45, 2.75) is 44.3 Å². The predicted molar refractivity (Wildman–Crippen MR) is 102 cm³/mol. The van der Waals surface area contributed by atoms with Crippen LogP contribution < -0.4 is 0 Å². The molecular weight excluding hydrogens is 310 g/mol. The molecule has 1 atom stereocenters. The fourth-order valence-corrected chi connectivity index (χ4v) is 3.63. The number of aliphatic hydroxyl groups is 2. The van der Waals surface area contributed by atoms with Crippen LogP contribution in [0.5, 0.6) is 0 Å². The highest BCUT2D eigenvalue weighted by atomic mass is 16.3. The first kappa shape index (κ1) is 18.1. The molecule has 3 heteroatoms. The van der Waals surface area contributed by atoms with E-state index in [2.05, 4.69) is 36.1 Å². The molecule has 0 spiro atoms. The Morgan fingerprint density at radius 2 is 1.64 bits per heavy atom. The van der Waals surface area contributed by atoms with Crippen LogP contribution in [0, 0.1) is 6.92 Å². The summed E-state index contributed by atoms with van der Waals surface area (Å²) in [6, 6.07) is 18.5. The van der Waals surface area contributed by atoms with E-state index >= 15 is 0 Å². The van der Waals surface area contributed by atoms with Crippen LogP contribution in [0.1, 0.15) is 36.0 Å². The summed E-state index contributed by atoms with van der Waals surface area (Å²) in [5, 5.41) is 21.3. The Labute approximate surface area is 150 Å². The molecule has 0 aromatic heterocycles. The molecule has 0 bridgehead atoms. The second-order valence-electron chi connectivity index (χ2n) is 7.38. The van der Waals surface area contributed by atoms with E-state index in [0.29, 0.717) is 6.54 Å². The molecule has 0 amide bonds. The average Bonchev–Trinajstić information content (AvgIpc) is 2.63. The number of aliphatic hydroxyl groups excluding tert-OH is 1. The van der Waals surface area contributed by atoms with Crippen LogP contribution in [0.25, 0.3) is 0 Å². The number of β-amino-alcohol motifs (C(OH)–C–C–N with tert-alkyl or cyclic N) is 1. The first-order valence-electron chi connectivity index (χ1n) is 9.29. The van der Waals surface area contributed by atoms with Gasteiger partial charge in [0.1, 0.15) is 0 Å². The van der Waals surface area contributed by atoms with Crippen molar-refractivity contribution in [1.29, 1.82) is 0 Å². The quantitative estimate of drug-likeness (QED) is 0.849. The summed E-state index contributed by atoms with van der Waals surface area (Å²) >= 11 is 0. The molecule has 0 saturated carbocycles. The molecule has 3 rings (SSSR count). The lowest BCUT2D eigenvalue weighted by atomic mass is 9.84. The number of nitrogens with zero attached hydrogens (tertiary/aromatic N) is 1. The molecule has 2 N–H and O–H groups in total. The van der Waals surface area contributed by atoms with Crippen LogP contribution in [0.4, 0.5) is 0 Å². The van der Waals surface area contributed by atoms with E-state index in [4.69, 9.17) is 0 Å². The smallest absolute Gasteiger partial charge is 0.0920 e. The largest absolute Gasteiger partial charge is 0.392 e. The Morgan fingerprint density at radius 3 is 2.28 bits per heavy atom. The maximum Gasteiger partial charge on any atom is 0.0920 e. The lowest BCUT2D eigenvalue weighted by Gasteiger charge is -2.39. The lowest BCUT2D eigenvalue weighted by Crippen LogP contribution is -2.45. The topological polar surface area (TPSA) is 43.7 Å². The molecule has 0 aliphatic carbocycles. The van der Waals surface area contributed by atoms with Crippen LogP contribution in [-0.2, 0) is 12.0 Å². The Hall–Kier alpha value is -1.68. The van der Waals surface area contributed by atoms with Gasteiger partial charge in [0.2, 0.25) is 0 Å². The SMILES string of the molecule is Cc1ccc(C2(O)CCN(CC(O)CCc3ccccc3)CC2)cc1. The number of hydrogen-bond acceptors (Lipinski definition) is 3. The Balaban J connectivity index is 1.46. The van der Waals surface area contributed by atoms with Crippen LogP contribution in [0.15, 0.2) is 54.6 Å². The molecule has 3 nitrogen and oxygen atoms in total. The third kappa shape index (κ3) is 4.91. The highest BCUT2D eigenvalue weighted by Gasteiger charge is 2.34. The second-order valence-corrected chi connectivity index (χ2v) is 7.38. The molecule has 25 heavy (non-hydrogen) atoms. The zero-order valence-corrected chi connectivity index (χ0v) is 15.1. The maximum atomic E-state index is 10.9. The summed E-state index contributed by atoms with van der Waals surface area (Å²) in [6.07, 6.45) is 2.82. The third-order valence-corrected chi connectivity index (χ3v) is 5.35. The average molecular weight is 339 g/mol. The number of rotatable bonds is 6. The molecular formula is C22H29NO2. The molecule has 0 radical (unpaired) electrons. The highest BCUT2D eigenvalue weighted by Crippen LogP contribution is 2.33. The van der Waals surface area contributed by atoms with Gasteiger partial charge in [0.25, 0.3) is 0 Å². The van der Waals surface area contributed by atoms with Gasteiger partial charge in [-0.15, -0.1) is 0 Å². The van der Waals surface area contributed by atoms with Crippen molar-refractivity contribution in [3.05, 3.63) is 71.3 Å². The van der Waals surface area contributed by atoms with Gasteiger partial charge in [-0.1, -0.05) is 60.2 Å². The van der Waals surface area contributed by atoms with Crippen molar-refractivity contribution in [1.82, 2.24) is 4.90 Å². The lowest BCUT2D eigenvalue weighted by molar-refractivity contribution is -0.0347. The Kier molecular flexibility index (Phi) is 5.89. The summed E-state index contributed by atoms with van der Waals surface area (Å²) < 4.78 is 0. The fourth-order valence-electron chi connectivity index (χ4n) is 3.63. The van der Waals surface area contributed by atoms with Crippen molar-refractivity contribution in [2.75, 3.05) is 19.6 Å². The van der Waals surface area contributed by atoms with Gasteiger partial charge < -0.3 is 15.1 Å². The standard InChI is InChI=1S/C22H29NO2/c1-18-7-10-20(11-8-18)22(25)13-15-23(16-14-22)17-21(24)12-9-19-5-3-2-4-6-19/h2-8,10-11,21,24-25H,9,12-17H2,1H3. The van der Waals surface area contributed by atoms with Crippen molar-refractivity contribution in [2.24, 2.45) is 0 Å². The van der Waals surface area contributed by atoms with Crippen LogP contribution in [0.3, 0.4) is 0 Å². The summed E-state index contributed by atoms with van der Waals surface area (Å²) in [5.74, 6) is 0. The van der Waals surface area contributed by atoms with Gasteiger partial charge in [-0.05, 0) is 43.7 Å². The van der Waals surface area contributed by atoms with Crippen molar-refractivity contribution in [3.63, 3.8) is 0 Å². The van der Waals surface area contributed by atoms with E-state index in [0.717, 1.165) is 44.3 Å². The summed E-state index contributed by atoms with van der Waals surface area (Å²) in [6.45, 7) is 4.41. The number of hydrogen-bond donors (Lipinski definition) is 2. The number of likely N-dealkylation sites (tertiary alicyclic amines) is 1. The van der Waals surface area contributed by atoms with Gasteiger partial charge in [-0.2, -0.15) is 0 Å². The van der Waals surface area contributed by atoms with Crippen LogP contribution in [-0.4, -0.2) is 40.9 Å². The monoisotopic (exact) mass is 339 g/mol. The number of piperidine rings is 1. The number of aryl methyl sites for hydroxylation is 2. The fraction of sp³-hybridized carbons (Fsp3) is 0.455. The molecule has 1 unspecified atom stereocenters. The molecule has 134 valence electrons. The molecule has 2 aromatic rings. The van der Waals surface area contributed by atoms with E-state index in [-0.39, 0.29) is 6.10 Å². The summed E-state index contributed by atoms with van der Waals surface area (Å²) in [5.41, 5.74) is 2.78. The molecule has 1 heterocycles. The zero-order chi connectivity index (χ0) is 17.7. The van der Waals surface area contributed by atoms with Gasteiger partial charge in [-0.3, -0.25) is 0 Å². The summed E-state index contributed by atoms with van der Waals surface area (Å²) in [4.78, 5) is 2.28. The minimum Gasteiger partial charge on any atom is -0.392 e. The maximum absolute atomic E-state index is 10.9. The van der Waals surface area contributed by atoms with Gasteiger partial charge >= 0.3 is 0 Å². The molecule has 1 aliphatic rings. The Morgan fingerprint density at radius 1 is 1.00 bits per heavy atom. The van der Waals surface area contributed by atoms with E-state index < -0.39 is 5.60 Å². The molecule has 1 aliphatic heterocycles. The van der Waals surface area contributed by atoms with E-state index in [9.17, 15) is 10.2 Å². The Bertz CT molecular complexity index is 645. The van der Waals surface area contributed by atoms with Crippen molar-refractivity contribution in [3.8, 4) is 0 Å². The predicted octanol–water partition coefficient (Wildman–Crippen LogP) is 3.27. The van der Waals surface area contributed by atoms with Crippen LogP contribution in [0.2, 0.25) is 0 Å². The second kappa shape index (κ2) is 8.13. The zero-order valence-electron chi connectivity index (χ0n) is 15.1. The number of benzene rings is 2. The van der Waals surface area contributed by atoms with Gasteiger partial charge in [0.15, 0.2) is 0 Å². The van der Waals surface area contributed by atoms with E-state index in [1.54, 1.807) is 0 Å². The third-order valence-electron chi connectivity index (χ3n) is 5.35. The van der Waals surface area contributed by atoms with Gasteiger partial charge in [0.05, 0.1) is 11.7 Å². The highest BCUT2D eigenvalue weighted by molar-refractivity contribution is 5.27. The van der Waals surface area contributed by atoms with Gasteiger partial charge in [-0.25, -0.2) is 0 Å². The molecule has 2 aromatic carbocycles. The van der Waals surface area contributed by atoms with E-state index in [1.165, 1.54) is 11.1 Å². The normalized spacial score (nSPS) is 18.8. The van der Waals surface area contributed by atoms with E-state index in [1.807, 2.05) is 30.3 Å². The van der Waals surface area contributed by atoms with Gasteiger partial charge in [0, 0.05) is 19.6 Å². The first-order chi connectivity index (χ1) is 12.0. The molecule has 1 saturated heterocycles. The molecule has 1 fully saturated rings. The minimum atomic E-state index is -0.723. The van der Waals surface area contributed by atoms with Crippen molar-refractivity contribution >= 4 is 0 Å². The van der Waals surface area contributed by atoms with Crippen LogP contribution >= 0.6 is 0 Å². The summed E-state index contributed by atoms with van der Waals surface area (Å²) in [7, 11) is 0. The minimum absolute atomic E-state index is 0.314. The van der Waals surface area contributed by atoms with Crippen molar-refractivity contribution < 1.29 is 10.2 Å². The first-order valence-corrected chi connectivity index (χ1v) is 9.29.